The molecule has 0 saturated carbocycles. The summed E-state index contributed by atoms with van der Waals surface area (Å²) < 4.78 is 31.3. The van der Waals surface area contributed by atoms with Gasteiger partial charge in [-0.25, -0.2) is 0 Å². The van der Waals surface area contributed by atoms with Crippen LogP contribution in [0.4, 0.5) is 0 Å². The van der Waals surface area contributed by atoms with Crippen molar-refractivity contribution in [3.63, 3.8) is 0 Å². The SMILES string of the molecule is CC(C(C)(C)C)S([O])(=O)=O. The van der Waals surface area contributed by atoms with Gasteiger partial charge in [-0.3, -0.25) is 0 Å². The van der Waals surface area contributed by atoms with Gasteiger partial charge in [0, 0.05) is 0 Å². The van der Waals surface area contributed by atoms with E-state index in [1.54, 1.807) is 20.8 Å². The first-order valence-electron chi connectivity index (χ1n) is 3.10. The van der Waals surface area contributed by atoms with Crippen LogP contribution in [0.25, 0.3) is 0 Å². The van der Waals surface area contributed by atoms with Gasteiger partial charge in [0.15, 0.2) is 0 Å². The van der Waals surface area contributed by atoms with Gasteiger partial charge >= 0.3 is 0 Å². The molecule has 0 heterocycles. The van der Waals surface area contributed by atoms with E-state index in [0.29, 0.717) is 0 Å². The molecule has 0 bridgehead atoms. The lowest BCUT2D eigenvalue weighted by Gasteiger charge is -2.22. The summed E-state index contributed by atoms with van der Waals surface area (Å²) >= 11 is 0. The van der Waals surface area contributed by atoms with Gasteiger partial charge in [-0.05, 0) is 12.3 Å². The second kappa shape index (κ2) is 2.51. The molecule has 61 valence electrons. The van der Waals surface area contributed by atoms with Gasteiger partial charge in [0.2, 0.25) is 0 Å². The minimum atomic E-state index is -4.11. The quantitative estimate of drug-likeness (QED) is 0.586. The van der Waals surface area contributed by atoms with Gasteiger partial charge in [-0.15, -0.1) is 0 Å². The van der Waals surface area contributed by atoms with Gasteiger partial charge in [0.05, 0.1) is 5.25 Å². The average Bonchev–Trinajstić information content (AvgIpc) is 1.59. The van der Waals surface area contributed by atoms with E-state index in [1.165, 1.54) is 6.92 Å². The van der Waals surface area contributed by atoms with Crippen LogP contribution in [0, 0.1) is 5.41 Å². The van der Waals surface area contributed by atoms with E-state index in [1.807, 2.05) is 0 Å². The normalized spacial score (nSPS) is 16.9. The standard InChI is InChI=1S/C6H13O3S/c1-5(6(2,3)4)10(7,8)9/h5H,1-4H3. The molecule has 0 fully saturated rings. The van der Waals surface area contributed by atoms with Crippen LogP contribution in [-0.4, -0.2) is 13.7 Å². The zero-order valence-corrected chi connectivity index (χ0v) is 7.53. The van der Waals surface area contributed by atoms with E-state index >= 15 is 0 Å². The third-order valence-corrected chi connectivity index (χ3v) is 3.23. The van der Waals surface area contributed by atoms with Crippen LogP contribution in [0.15, 0.2) is 0 Å². The molecule has 1 atom stereocenters. The van der Waals surface area contributed by atoms with E-state index in [-0.39, 0.29) is 0 Å². The molecular formula is C6H13O3S. The highest BCUT2D eigenvalue weighted by Crippen LogP contribution is 2.24. The molecule has 1 unspecified atom stereocenters. The predicted octanol–water partition coefficient (Wildman–Crippen LogP) is 1.18. The van der Waals surface area contributed by atoms with Gasteiger partial charge in [0.25, 0.3) is 10.1 Å². The van der Waals surface area contributed by atoms with Gasteiger partial charge in [0.1, 0.15) is 0 Å². The predicted molar refractivity (Wildman–Crippen MR) is 38.5 cm³/mol. The maximum absolute atomic E-state index is 10.4. The van der Waals surface area contributed by atoms with Crippen molar-refractivity contribution in [2.24, 2.45) is 5.41 Å². The number of hydrogen-bond donors (Lipinski definition) is 0. The smallest absolute Gasteiger partial charge is 0.197 e. The summed E-state index contributed by atoms with van der Waals surface area (Å²) in [6.45, 7) is 6.62. The molecule has 0 aromatic carbocycles. The third kappa shape index (κ3) is 2.66. The lowest BCUT2D eigenvalue weighted by molar-refractivity contribution is 0.339. The molecule has 0 rings (SSSR count). The number of rotatable bonds is 1. The van der Waals surface area contributed by atoms with Crippen molar-refractivity contribution in [3.05, 3.63) is 0 Å². The Morgan fingerprint density at radius 3 is 1.50 bits per heavy atom. The van der Waals surface area contributed by atoms with Crippen LogP contribution in [0.2, 0.25) is 0 Å². The first-order chi connectivity index (χ1) is 4.15. The fraction of sp³-hybridized carbons (Fsp3) is 1.00. The van der Waals surface area contributed by atoms with E-state index < -0.39 is 20.8 Å². The van der Waals surface area contributed by atoms with Crippen molar-refractivity contribution < 1.29 is 13.0 Å². The molecule has 0 saturated heterocycles. The fourth-order valence-corrected chi connectivity index (χ4v) is 1.30. The average molecular weight is 165 g/mol. The van der Waals surface area contributed by atoms with Crippen molar-refractivity contribution in [2.75, 3.05) is 0 Å². The van der Waals surface area contributed by atoms with Crippen molar-refractivity contribution in [2.45, 2.75) is 32.9 Å². The fourth-order valence-electron chi connectivity index (χ4n) is 0.433. The minimum Gasteiger partial charge on any atom is -0.197 e. The highest BCUT2D eigenvalue weighted by atomic mass is 32.2. The molecule has 0 aromatic heterocycles. The summed E-state index contributed by atoms with van der Waals surface area (Å²) in [6.07, 6.45) is 0. The molecular weight excluding hydrogens is 152 g/mol. The van der Waals surface area contributed by atoms with Crippen LogP contribution in [0.1, 0.15) is 27.7 Å². The number of hydrogen-bond acceptors (Lipinski definition) is 2. The molecule has 0 aromatic rings. The lowest BCUT2D eigenvalue weighted by atomic mass is 9.93. The largest absolute Gasteiger partial charge is 0.297 e. The molecule has 0 spiro atoms. The molecule has 0 N–H and O–H groups in total. The van der Waals surface area contributed by atoms with Crippen molar-refractivity contribution >= 4 is 10.1 Å². The van der Waals surface area contributed by atoms with Crippen LogP contribution < -0.4 is 0 Å². The molecule has 10 heavy (non-hydrogen) atoms. The molecule has 4 heteroatoms. The van der Waals surface area contributed by atoms with Crippen LogP contribution in [0.5, 0.6) is 0 Å². The second-order valence-corrected chi connectivity index (χ2v) is 5.19. The Labute approximate surface area is 62.2 Å². The van der Waals surface area contributed by atoms with Crippen LogP contribution >= 0.6 is 0 Å². The molecule has 0 amide bonds. The van der Waals surface area contributed by atoms with Crippen molar-refractivity contribution in [3.8, 4) is 0 Å². The maximum atomic E-state index is 10.4. The minimum absolute atomic E-state index is 0.458. The first kappa shape index (κ1) is 9.91. The van der Waals surface area contributed by atoms with E-state index in [9.17, 15) is 13.0 Å². The summed E-state index contributed by atoms with van der Waals surface area (Å²) in [7, 11) is -4.11. The molecule has 0 aliphatic rings. The third-order valence-electron chi connectivity index (χ3n) is 1.65. The zero-order chi connectivity index (χ0) is 8.58. The Morgan fingerprint density at radius 1 is 1.20 bits per heavy atom. The van der Waals surface area contributed by atoms with Gasteiger partial charge in [-0.2, -0.15) is 8.42 Å². The zero-order valence-electron chi connectivity index (χ0n) is 6.71. The molecule has 1 radical (unpaired) electrons. The Balaban J connectivity index is 4.56. The van der Waals surface area contributed by atoms with E-state index in [4.69, 9.17) is 0 Å². The summed E-state index contributed by atoms with van der Waals surface area (Å²) in [4.78, 5) is 0. The molecule has 0 aliphatic carbocycles. The summed E-state index contributed by atoms with van der Waals surface area (Å²) in [5, 5.41) is -0.819. The van der Waals surface area contributed by atoms with E-state index in [0.717, 1.165) is 0 Å². The Morgan fingerprint density at radius 2 is 1.50 bits per heavy atom. The molecule has 3 nitrogen and oxygen atoms in total. The summed E-state index contributed by atoms with van der Waals surface area (Å²) in [6, 6.07) is 0. The Kier molecular flexibility index (Phi) is 2.49. The maximum Gasteiger partial charge on any atom is 0.297 e. The first-order valence-corrected chi connectivity index (χ1v) is 4.57. The summed E-state index contributed by atoms with van der Waals surface area (Å²) in [5.74, 6) is 0. The van der Waals surface area contributed by atoms with Crippen molar-refractivity contribution in [1.29, 1.82) is 0 Å². The summed E-state index contributed by atoms with van der Waals surface area (Å²) in [5.41, 5.74) is -0.458. The second-order valence-electron chi connectivity index (χ2n) is 3.50. The molecule has 0 aliphatic heterocycles. The van der Waals surface area contributed by atoms with E-state index in [2.05, 4.69) is 0 Å². The lowest BCUT2D eigenvalue weighted by Crippen LogP contribution is -2.30. The Bertz CT molecular complexity index is 198. The highest BCUT2D eigenvalue weighted by Gasteiger charge is 2.31. The van der Waals surface area contributed by atoms with Gasteiger partial charge in [-0.1, -0.05) is 25.3 Å². The van der Waals surface area contributed by atoms with Crippen molar-refractivity contribution in [1.82, 2.24) is 0 Å². The van der Waals surface area contributed by atoms with Crippen LogP contribution in [0.3, 0.4) is 0 Å². The monoisotopic (exact) mass is 165 g/mol. The van der Waals surface area contributed by atoms with Gasteiger partial charge < -0.3 is 0 Å². The topological polar surface area (TPSA) is 54.0 Å². The Hall–Kier alpha value is -0.0900. The van der Waals surface area contributed by atoms with Crippen LogP contribution in [-0.2, 0) is 14.7 Å². The highest BCUT2D eigenvalue weighted by molar-refractivity contribution is 7.86.